The predicted molar refractivity (Wildman–Crippen MR) is 603 cm³/mol. The van der Waals surface area contributed by atoms with Crippen molar-refractivity contribution in [3.05, 3.63) is 435 Å². The maximum Gasteiger partial charge on any atom is 0.209 e. The molecule has 0 fully saturated rings. The van der Waals surface area contributed by atoms with Crippen LogP contribution in [0.3, 0.4) is 0 Å². The van der Waals surface area contributed by atoms with Gasteiger partial charge >= 0.3 is 0 Å². The summed E-state index contributed by atoms with van der Waals surface area (Å²) in [5, 5.41) is 12.7. The largest absolute Gasteiger partial charge is 0.456 e. The average Bonchev–Trinajstić information content (AvgIpc) is 1.13. The number of aromatic nitrogens is 1. The van der Waals surface area contributed by atoms with Crippen LogP contribution in [-0.4, -0.2) is 21.4 Å². The fraction of sp³-hybridized carbons (Fsp3) is 0.0492. The van der Waals surface area contributed by atoms with Gasteiger partial charge in [-0.2, -0.15) is 0 Å². The van der Waals surface area contributed by atoms with Crippen molar-refractivity contribution in [2.45, 2.75) is 58.1 Å². The first-order valence-corrected chi connectivity index (χ1v) is 56.2. The van der Waals surface area contributed by atoms with Gasteiger partial charge in [-0.25, -0.2) is 16.8 Å². The zero-order valence-electron chi connectivity index (χ0n) is 77.6. The molecule has 14 nitrogen and oxygen atoms in total. The standard InChI is InChI=1S/C49H36N2O2S2.C43H24N2O3S3.C30H17NO4S4/c1-48(2)32-16-6-10-20-36(32)50(37-21-11-7-17-33(37)48)40-28-54-46-43(29-25-26-31-42(27-29)53-41-24-14-5-15-30(41)44(31)52)47(55-45(40)46)51-38-22-12-8-18-34(38)49(3,4)35-19-9-13-23-39(35)51;46-40-26-11-1-10-20-37(26)50-38-23-25(21-22-27(38)40)41-39(45-30-14-4-8-18-35(30)48-36-19-9-5-15-31(36)45)43-42(51-41)32(24-49-43)44-28-12-2-6-16-33(28)47-34-17-7-3-13-29(34)44;32-38(33)24-11-5-6-12-25(24)39(34,35)27-17-18(13-14-26(27)38)29-28(30-23(37-29)15-16-36-30)31-21-9-3-1-7-19(21)20-8-2-4-10-22(20)31/h5-28H,1-4H3;1-24H;1-17H. The quantitative estimate of drug-likeness (QED) is 0.133. The van der Waals surface area contributed by atoms with Gasteiger partial charge in [0.05, 0.1) is 143 Å². The monoisotopic (exact) mass is 2040 g/mol. The number of ether oxygens (including phenoxy) is 2. The zero-order valence-corrected chi connectivity index (χ0v) is 85.0. The first-order valence-electron chi connectivity index (χ1n) is 47.3. The number of benzene rings is 16. The van der Waals surface area contributed by atoms with Crippen LogP contribution in [-0.2, 0) is 30.5 Å². The molecule has 16 aromatic carbocycles. The van der Waals surface area contributed by atoms with E-state index in [1.165, 1.54) is 93.8 Å². The number of nitrogens with zero attached hydrogens (tertiary/aromatic N) is 5. The van der Waals surface area contributed by atoms with E-state index < -0.39 is 19.7 Å². The van der Waals surface area contributed by atoms with E-state index in [-0.39, 0.29) is 41.3 Å². The lowest BCUT2D eigenvalue weighted by Gasteiger charge is -2.42. The molecule has 0 amide bonds. The van der Waals surface area contributed by atoms with Crippen LogP contribution in [0.2, 0.25) is 0 Å². The van der Waals surface area contributed by atoms with Gasteiger partial charge < -0.3 is 38.1 Å². The first kappa shape index (κ1) is 87.2. The van der Waals surface area contributed by atoms with E-state index in [1.807, 2.05) is 145 Å². The zero-order chi connectivity index (χ0) is 97.4. The summed E-state index contributed by atoms with van der Waals surface area (Å²) in [5.41, 5.74) is 25.1. The summed E-state index contributed by atoms with van der Waals surface area (Å²) in [7, 11) is -8.01. The van der Waals surface area contributed by atoms with Crippen LogP contribution in [0, 0.1) is 0 Å². The average molecular weight is 2050 g/mol. The fourth-order valence-electron chi connectivity index (χ4n) is 22.0. The molecule has 9 aromatic heterocycles. The maximum atomic E-state index is 13.7. The number of para-hydroxylation sites is 15. The molecule has 25 aromatic rings. The molecule has 698 valence electrons. The summed E-state index contributed by atoms with van der Waals surface area (Å²) in [6, 6.07) is 125. The lowest BCUT2D eigenvalue weighted by Crippen LogP contribution is -2.30. The maximum absolute atomic E-state index is 13.7. The van der Waals surface area contributed by atoms with Gasteiger partial charge in [-0.3, -0.25) is 9.59 Å². The van der Waals surface area contributed by atoms with Crippen molar-refractivity contribution in [2.75, 3.05) is 19.6 Å². The van der Waals surface area contributed by atoms with E-state index in [4.69, 9.17) is 13.9 Å². The minimum Gasteiger partial charge on any atom is -0.456 e. The van der Waals surface area contributed by atoms with Crippen molar-refractivity contribution in [1.29, 1.82) is 0 Å². The van der Waals surface area contributed by atoms with Gasteiger partial charge in [-0.1, -0.05) is 240 Å². The molecule has 5 aliphatic rings. The molecule has 0 bridgehead atoms. The number of thiophene rings is 6. The number of fused-ring (bicyclic) bond motifs is 20. The number of anilines is 12. The highest BCUT2D eigenvalue weighted by Gasteiger charge is 2.45. The topological polar surface area (TPSA) is 152 Å². The Morgan fingerprint density at radius 1 is 0.276 bits per heavy atom. The highest BCUT2D eigenvalue weighted by Crippen LogP contribution is 2.66. The molecule has 30 rings (SSSR count). The summed E-state index contributed by atoms with van der Waals surface area (Å²) < 4.78 is 84.7. The van der Waals surface area contributed by atoms with Gasteiger partial charge in [-0.05, 0) is 208 Å². The Hall–Kier alpha value is -15.6. The Bertz CT molecular complexity index is 10000. The Morgan fingerprint density at radius 3 is 1.28 bits per heavy atom. The summed E-state index contributed by atoms with van der Waals surface area (Å²) in [4.78, 5) is 38.3. The van der Waals surface area contributed by atoms with Crippen LogP contribution in [0.1, 0.15) is 49.9 Å². The van der Waals surface area contributed by atoms with Crippen LogP contribution in [0.4, 0.5) is 67.6 Å². The lowest BCUT2D eigenvalue weighted by molar-refractivity contribution is 0.477. The van der Waals surface area contributed by atoms with E-state index in [2.05, 4.69) is 268 Å². The van der Waals surface area contributed by atoms with E-state index >= 15 is 0 Å². The highest BCUT2D eigenvalue weighted by atomic mass is 32.2. The Kier molecular flexibility index (Phi) is 19.8. The second kappa shape index (κ2) is 33.0. The van der Waals surface area contributed by atoms with Crippen molar-refractivity contribution in [3.63, 3.8) is 0 Å². The molecule has 14 heterocycles. The van der Waals surface area contributed by atoms with Crippen LogP contribution in [0.5, 0.6) is 23.0 Å². The van der Waals surface area contributed by atoms with Crippen molar-refractivity contribution in [3.8, 4) is 60.7 Å². The van der Waals surface area contributed by atoms with Crippen molar-refractivity contribution in [2.24, 2.45) is 0 Å². The third kappa shape index (κ3) is 13.2. The van der Waals surface area contributed by atoms with E-state index in [1.54, 1.807) is 86.2 Å². The lowest BCUT2D eigenvalue weighted by atomic mass is 9.73. The van der Waals surface area contributed by atoms with Gasteiger partial charge in [0.25, 0.3) is 0 Å². The van der Waals surface area contributed by atoms with Gasteiger partial charge in [0, 0.05) is 62.8 Å². The predicted octanol–water partition coefficient (Wildman–Crippen LogP) is 35.3. The molecule has 0 saturated carbocycles. The van der Waals surface area contributed by atoms with Gasteiger partial charge in [-0.15, -0.1) is 79.4 Å². The van der Waals surface area contributed by atoms with E-state index in [0.717, 1.165) is 146 Å². The Morgan fingerprint density at radius 2 is 0.690 bits per heavy atom. The second-order valence-electron chi connectivity index (χ2n) is 37.5. The molecule has 0 N–H and O–H groups in total. The summed E-state index contributed by atoms with van der Waals surface area (Å²) in [6.45, 7) is 9.33. The minimum atomic E-state index is -4.03. The number of sulfone groups is 2. The first-order chi connectivity index (χ1) is 70.8. The van der Waals surface area contributed by atoms with Crippen molar-refractivity contribution in [1.82, 2.24) is 4.57 Å². The molecular weight excluding hydrogens is 1970 g/mol. The number of rotatable bonds is 8. The SMILES string of the molecule is CC1(C)c2ccccc2N(c2sc3c(N4c5ccccc5C(C)(C)c5ccccc54)csc3c2-c2ccc3c(=O)c4ccccc4oc3c2)c2ccccc21.O=S1(=O)c2ccccc2S(=O)(=O)c2cc(-c3sc4ccsc4c3-n3c4ccccc4c4ccccc43)ccc21.O=c1c2ccccc2sc2cc(-c3sc4c(N5c6ccccc6Oc6ccccc65)csc4c3N3c4ccccc4Oc4ccccc43)ccc12. The van der Waals surface area contributed by atoms with Gasteiger partial charge in [0.1, 0.15) is 16.2 Å². The Labute approximate surface area is 859 Å². The molecule has 0 atom stereocenters. The normalized spacial score (nSPS) is 14.5. The van der Waals surface area contributed by atoms with Gasteiger partial charge in [0.2, 0.25) is 25.1 Å². The van der Waals surface area contributed by atoms with Crippen LogP contribution < -0.4 is 39.9 Å². The van der Waals surface area contributed by atoms with Crippen LogP contribution in [0.15, 0.2) is 426 Å². The van der Waals surface area contributed by atoms with Gasteiger partial charge in [0.15, 0.2) is 28.4 Å². The molecular formula is C122H77N5O9S9. The third-order valence-corrected chi connectivity index (χ3v) is 40.8. The van der Waals surface area contributed by atoms with E-state index in [0.29, 0.717) is 27.5 Å². The Balaban J connectivity index is 0.000000107. The van der Waals surface area contributed by atoms with Crippen LogP contribution >= 0.6 is 79.4 Å². The third-order valence-electron chi connectivity index (χ3n) is 28.8. The molecule has 0 saturated heterocycles. The molecule has 23 heteroatoms. The van der Waals surface area contributed by atoms with Crippen molar-refractivity contribution < 1.29 is 30.7 Å². The highest BCUT2D eigenvalue weighted by molar-refractivity contribution is 7.97. The summed E-state index contributed by atoms with van der Waals surface area (Å²) in [6.07, 6.45) is 0. The molecule has 0 aliphatic carbocycles. The molecule has 5 aliphatic heterocycles. The number of hydrogen-bond acceptors (Lipinski definition) is 20. The minimum absolute atomic E-state index is 0.0102. The molecule has 145 heavy (non-hydrogen) atoms. The second-order valence-corrected chi connectivity index (χ2v) is 48.1. The summed E-state index contributed by atoms with van der Waals surface area (Å²) >= 11 is 12.0. The summed E-state index contributed by atoms with van der Waals surface area (Å²) in [5.74, 6) is 3.25. The molecule has 0 unspecified atom stereocenters. The smallest absolute Gasteiger partial charge is 0.209 e. The van der Waals surface area contributed by atoms with Crippen molar-refractivity contribution >= 4 is 259 Å². The molecule has 0 spiro atoms. The van der Waals surface area contributed by atoms with E-state index in [9.17, 15) is 26.4 Å². The molecule has 0 radical (unpaired) electrons. The van der Waals surface area contributed by atoms with Crippen LogP contribution in [0.25, 0.3) is 130 Å². The fourth-order valence-corrected chi connectivity index (χ4v) is 34.9. The number of hydrogen-bond donors (Lipinski definition) is 0.